The van der Waals surface area contributed by atoms with Crippen molar-refractivity contribution < 1.29 is 19.1 Å². The summed E-state index contributed by atoms with van der Waals surface area (Å²) in [6, 6.07) is 10.4. The van der Waals surface area contributed by atoms with E-state index in [9.17, 15) is 9.90 Å². The highest BCUT2D eigenvalue weighted by Crippen LogP contribution is 2.47. The molecule has 0 aromatic heterocycles. The second-order valence-electron chi connectivity index (χ2n) is 11.3. The van der Waals surface area contributed by atoms with Crippen molar-refractivity contribution in [2.75, 3.05) is 6.61 Å². The fourth-order valence-electron chi connectivity index (χ4n) is 4.66. The first kappa shape index (κ1) is 24.5. The second-order valence-corrected chi connectivity index (χ2v) is 16.1. The van der Waals surface area contributed by atoms with E-state index in [1.807, 2.05) is 6.07 Å². The van der Waals surface area contributed by atoms with Crippen LogP contribution in [0, 0.1) is 5.41 Å². The number of hydrogen-bond donors (Lipinski definition) is 1. The summed E-state index contributed by atoms with van der Waals surface area (Å²) in [4.78, 5) is 12.8. The van der Waals surface area contributed by atoms with Crippen LogP contribution in [0.3, 0.4) is 0 Å². The number of hydrogen-bond acceptors (Lipinski definition) is 4. The normalized spacial score (nSPS) is 24.8. The Kier molecular flexibility index (Phi) is 7.70. The molecule has 1 aromatic rings. The zero-order valence-corrected chi connectivity index (χ0v) is 21.2. The molecule has 0 radical (unpaired) electrons. The first-order valence-electron chi connectivity index (χ1n) is 12.1. The van der Waals surface area contributed by atoms with Gasteiger partial charge in [0, 0.05) is 17.9 Å². The van der Waals surface area contributed by atoms with Crippen LogP contribution in [0.2, 0.25) is 18.1 Å². The molecule has 0 aliphatic heterocycles. The molecular weight excluding hydrogens is 404 g/mol. The van der Waals surface area contributed by atoms with Crippen LogP contribution in [0.1, 0.15) is 83.6 Å². The molecular formula is C26H42O4Si. The van der Waals surface area contributed by atoms with Gasteiger partial charge in [0.2, 0.25) is 0 Å². The standard InChI is InChI=1S/C26H42O4Si/c1-25(2,3)31(4,5)29-19-26(16-11-17-26)23(27)18-24(28)30-22-15-10-9-14-21(22)20-12-7-6-8-13-20/h6-8,12-13,21-23,27H,9-11,14-19H2,1-5H3. The fourth-order valence-corrected chi connectivity index (χ4v) is 5.74. The lowest BCUT2D eigenvalue weighted by Gasteiger charge is -2.48. The van der Waals surface area contributed by atoms with Crippen LogP contribution in [0.5, 0.6) is 0 Å². The van der Waals surface area contributed by atoms with Crippen LogP contribution in [0.15, 0.2) is 30.3 Å². The lowest BCUT2D eigenvalue weighted by molar-refractivity contribution is -0.159. The van der Waals surface area contributed by atoms with E-state index in [0.29, 0.717) is 6.61 Å². The van der Waals surface area contributed by atoms with Gasteiger partial charge >= 0.3 is 5.97 Å². The highest BCUT2D eigenvalue weighted by atomic mass is 28.4. The molecule has 1 N–H and O–H groups in total. The number of carbonyl (C=O) groups is 1. The summed E-state index contributed by atoms with van der Waals surface area (Å²) in [6.07, 6.45) is 6.44. The summed E-state index contributed by atoms with van der Waals surface area (Å²) in [5.74, 6) is -0.00504. The molecule has 4 nitrogen and oxygen atoms in total. The third kappa shape index (κ3) is 5.80. The Bertz CT molecular complexity index is 721. The van der Waals surface area contributed by atoms with Gasteiger partial charge in [0.05, 0.1) is 12.5 Å². The molecule has 2 fully saturated rings. The quantitative estimate of drug-likeness (QED) is 0.381. The molecule has 174 valence electrons. The third-order valence-electron chi connectivity index (χ3n) is 8.16. The number of aliphatic hydroxyl groups is 1. The fraction of sp³-hybridized carbons (Fsp3) is 0.731. The minimum absolute atomic E-state index is 0.0683. The second kappa shape index (κ2) is 9.76. The van der Waals surface area contributed by atoms with Crippen molar-refractivity contribution in [1.82, 2.24) is 0 Å². The maximum absolute atomic E-state index is 12.8. The SMILES string of the molecule is CC(C)(C)[Si](C)(C)OCC1(C(O)CC(=O)OC2CCCCC2c2ccccc2)CCC1. The Morgan fingerprint density at radius 2 is 1.77 bits per heavy atom. The Morgan fingerprint density at radius 3 is 2.35 bits per heavy atom. The van der Waals surface area contributed by atoms with Crippen molar-refractivity contribution in [3.63, 3.8) is 0 Å². The van der Waals surface area contributed by atoms with E-state index in [0.717, 1.165) is 38.5 Å². The van der Waals surface area contributed by atoms with Crippen LogP contribution in [0.4, 0.5) is 0 Å². The topological polar surface area (TPSA) is 55.8 Å². The lowest BCUT2D eigenvalue weighted by Crippen LogP contribution is -2.51. The van der Waals surface area contributed by atoms with Gasteiger partial charge in [-0.25, -0.2) is 0 Å². The van der Waals surface area contributed by atoms with Gasteiger partial charge in [-0.05, 0) is 55.8 Å². The van der Waals surface area contributed by atoms with Gasteiger partial charge in [-0.2, -0.15) is 0 Å². The highest BCUT2D eigenvalue weighted by Gasteiger charge is 2.47. The molecule has 0 amide bonds. The predicted octanol–water partition coefficient (Wildman–Crippen LogP) is 6.20. The Balaban J connectivity index is 1.58. The molecule has 5 heteroatoms. The Hall–Kier alpha value is -1.17. The lowest BCUT2D eigenvalue weighted by atomic mass is 9.65. The van der Waals surface area contributed by atoms with Gasteiger partial charge in [0.25, 0.3) is 0 Å². The van der Waals surface area contributed by atoms with E-state index >= 15 is 0 Å². The third-order valence-corrected chi connectivity index (χ3v) is 12.6. The van der Waals surface area contributed by atoms with Crippen LogP contribution in [-0.4, -0.2) is 38.2 Å². The average Bonchev–Trinajstić information content (AvgIpc) is 2.67. The number of carbonyl (C=O) groups excluding carboxylic acids is 1. The monoisotopic (exact) mass is 446 g/mol. The van der Waals surface area contributed by atoms with Gasteiger partial charge in [-0.3, -0.25) is 4.79 Å². The summed E-state index contributed by atoms with van der Waals surface area (Å²) in [5, 5.41) is 11.2. The van der Waals surface area contributed by atoms with Gasteiger partial charge < -0.3 is 14.3 Å². The summed E-state index contributed by atoms with van der Waals surface area (Å²) in [5.41, 5.74) is 0.957. The smallest absolute Gasteiger partial charge is 0.308 e. The van der Waals surface area contributed by atoms with Crippen molar-refractivity contribution in [3.05, 3.63) is 35.9 Å². The summed E-state index contributed by atoms with van der Waals surface area (Å²) in [7, 11) is -1.89. The van der Waals surface area contributed by atoms with Crippen LogP contribution in [0.25, 0.3) is 0 Å². The molecule has 2 saturated carbocycles. The minimum Gasteiger partial charge on any atom is -0.462 e. The van der Waals surface area contributed by atoms with E-state index in [1.54, 1.807) is 0 Å². The van der Waals surface area contributed by atoms with Crippen LogP contribution < -0.4 is 0 Å². The van der Waals surface area contributed by atoms with Crippen molar-refractivity contribution in [2.24, 2.45) is 5.41 Å². The number of esters is 1. The maximum Gasteiger partial charge on any atom is 0.308 e. The first-order valence-corrected chi connectivity index (χ1v) is 15.0. The van der Waals surface area contributed by atoms with E-state index in [-0.39, 0.29) is 34.9 Å². The molecule has 1 aromatic carbocycles. The Morgan fingerprint density at radius 1 is 1.13 bits per heavy atom. The largest absolute Gasteiger partial charge is 0.462 e. The van der Waals surface area contributed by atoms with Crippen molar-refractivity contribution in [3.8, 4) is 0 Å². The molecule has 0 saturated heterocycles. The molecule has 0 bridgehead atoms. The molecule has 0 heterocycles. The zero-order valence-electron chi connectivity index (χ0n) is 20.2. The minimum atomic E-state index is -1.89. The number of ether oxygens (including phenoxy) is 1. The summed E-state index contributed by atoms with van der Waals surface area (Å²) >= 11 is 0. The summed E-state index contributed by atoms with van der Waals surface area (Å²) in [6.45, 7) is 11.7. The van der Waals surface area contributed by atoms with E-state index < -0.39 is 14.4 Å². The van der Waals surface area contributed by atoms with Gasteiger partial charge in [-0.1, -0.05) is 63.9 Å². The maximum atomic E-state index is 12.8. The molecule has 3 rings (SSSR count). The van der Waals surface area contributed by atoms with Crippen LogP contribution >= 0.6 is 0 Å². The molecule has 2 aliphatic carbocycles. The van der Waals surface area contributed by atoms with Gasteiger partial charge in [0.1, 0.15) is 6.10 Å². The van der Waals surface area contributed by atoms with Gasteiger partial charge in [-0.15, -0.1) is 0 Å². The Labute approximate surface area is 189 Å². The van der Waals surface area contributed by atoms with Crippen LogP contribution in [-0.2, 0) is 14.0 Å². The van der Waals surface area contributed by atoms with Crippen molar-refractivity contribution >= 4 is 14.3 Å². The predicted molar refractivity (Wildman–Crippen MR) is 128 cm³/mol. The molecule has 31 heavy (non-hydrogen) atoms. The molecule has 3 unspecified atom stereocenters. The summed E-state index contributed by atoms with van der Waals surface area (Å²) < 4.78 is 12.4. The number of aliphatic hydroxyl groups excluding tert-OH is 1. The molecule has 0 spiro atoms. The number of benzene rings is 1. The highest BCUT2D eigenvalue weighted by molar-refractivity contribution is 6.74. The van der Waals surface area contributed by atoms with Crippen molar-refractivity contribution in [1.29, 1.82) is 0 Å². The average molecular weight is 447 g/mol. The first-order chi connectivity index (χ1) is 14.5. The van der Waals surface area contributed by atoms with E-state index in [4.69, 9.17) is 9.16 Å². The van der Waals surface area contributed by atoms with Crippen molar-refractivity contribution in [2.45, 2.75) is 108 Å². The zero-order chi connectivity index (χ0) is 22.7. The molecule has 2 aliphatic rings. The number of rotatable bonds is 8. The molecule has 3 atom stereocenters. The van der Waals surface area contributed by atoms with E-state index in [2.05, 4.69) is 58.1 Å². The van der Waals surface area contributed by atoms with Gasteiger partial charge in [0.15, 0.2) is 8.32 Å². The van der Waals surface area contributed by atoms with E-state index in [1.165, 1.54) is 12.0 Å².